The molecule has 0 bridgehead atoms. The number of aryl methyl sites for hydroxylation is 1. The Morgan fingerprint density at radius 1 is 1.05 bits per heavy atom. The normalized spacial score (nSPS) is 13.5. The van der Waals surface area contributed by atoms with E-state index in [1.54, 1.807) is 0 Å². The van der Waals surface area contributed by atoms with Gasteiger partial charge in [-0.15, -0.1) is 0 Å². The molecule has 0 aliphatic carbocycles. The van der Waals surface area contributed by atoms with Crippen LogP contribution in [0.15, 0.2) is 0 Å². The number of hydrogen-bond donors (Lipinski definition) is 0. The molecule has 1 aromatic heterocycles. The largest absolute Gasteiger partial charge is 0.459 e. The highest BCUT2D eigenvalue weighted by atomic mass is 19.4. The van der Waals surface area contributed by atoms with Crippen molar-refractivity contribution in [3.8, 4) is 6.07 Å². The summed E-state index contributed by atoms with van der Waals surface area (Å²) >= 11 is 0. The molecule has 0 spiro atoms. The smallest absolute Gasteiger partial charge is 0.257 e. The van der Waals surface area contributed by atoms with Gasteiger partial charge >= 0.3 is 18.3 Å². The molecule has 0 aromatic carbocycles. The van der Waals surface area contributed by atoms with Crippen molar-refractivity contribution in [2.45, 2.75) is 18.3 Å². The average Bonchev–Trinajstić information content (AvgIpc) is 2.53. The maximum atomic E-state index is 13.0. The summed E-state index contributed by atoms with van der Waals surface area (Å²) in [5.41, 5.74) is -6.35. The lowest BCUT2D eigenvalue weighted by molar-refractivity contribution is -0.292. The van der Waals surface area contributed by atoms with E-state index in [-0.39, 0.29) is 4.68 Å². The number of alkyl halides is 8. The van der Waals surface area contributed by atoms with Gasteiger partial charge in [-0.3, -0.25) is 4.68 Å². The van der Waals surface area contributed by atoms with E-state index in [2.05, 4.69) is 5.10 Å². The second-order valence-electron chi connectivity index (χ2n) is 3.38. The molecule has 0 fully saturated rings. The van der Waals surface area contributed by atoms with E-state index in [0.29, 0.717) is 7.05 Å². The topological polar surface area (TPSA) is 41.6 Å². The van der Waals surface area contributed by atoms with Crippen LogP contribution in [0.1, 0.15) is 17.0 Å². The summed E-state index contributed by atoms with van der Waals surface area (Å²) in [6.45, 7) is 0. The molecule has 1 heterocycles. The molecule has 0 aliphatic heterocycles. The van der Waals surface area contributed by atoms with Crippen molar-refractivity contribution < 1.29 is 35.1 Å². The van der Waals surface area contributed by atoms with Gasteiger partial charge in [0.1, 0.15) is 11.6 Å². The van der Waals surface area contributed by atoms with Gasteiger partial charge in [0.2, 0.25) is 0 Å². The van der Waals surface area contributed by atoms with Crippen molar-refractivity contribution in [1.82, 2.24) is 9.78 Å². The molecule has 19 heavy (non-hydrogen) atoms. The number of aromatic nitrogens is 2. The zero-order chi connectivity index (χ0) is 15.2. The Bertz CT molecular complexity index is 530. The van der Waals surface area contributed by atoms with Crippen LogP contribution >= 0.6 is 0 Å². The van der Waals surface area contributed by atoms with Crippen LogP contribution in [0, 0.1) is 11.3 Å². The van der Waals surface area contributed by atoms with Crippen LogP contribution in [0.2, 0.25) is 0 Å². The number of nitriles is 1. The summed E-state index contributed by atoms with van der Waals surface area (Å²) < 4.78 is 99.8. The van der Waals surface area contributed by atoms with E-state index in [1.807, 2.05) is 0 Å². The Hall–Kier alpha value is -1.86. The molecule has 0 atom stereocenters. The van der Waals surface area contributed by atoms with Gasteiger partial charge in [-0.1, -0.05) is 0 Å². The molecule has 0 N–H and O–H groups in total. The predicted octanol–water partition coefficient (Wildman–Crippen LogP) is 2.96. The van der Waals surface area contributed by atoms with Crippen molar-refractivity contribution >= 4 is 0 Å². The quantitative estimate of drug-likeness (QED) is 0.747. The number of hydrogen-bond acceptors (Lipinski definition) is 2. The lowest BCUT2D eigenvalue weighted by Crippen LogP contribution is -2.36. The lowest BCUT2D eigenvalue weighted by Gasteiger charge is -2.19. The van der Waals surface area contributed by atoms with Crippen LogP contribution in [0.4, 0.5) is 35.1 Å². The molecular weight excluding hydrogens is 290 g/mol. The zero-order valence-electron chi connectivity index (χ0n) is 8.87. The first kappa shape index (κ1) is 15.2. The van der Waals surface area contributed by atoms with Gasteiger partial charge in [0.15, 0.2) is 11.4 Å². The van der Waals surface area contributed by atoms with E-state index in [4.69, 9.17) is 5.26 Å². The Kier molecular flexibility index (Phi) is 3.26. The molecule has 3 nitrogen and oxygen atoms in total. The maximum absolute atomic E-state index is 13.0. The minimum absolute atomic E-state index is 0.0256. The van der Waals surface area contributed by atoms with Crippen LogP contribution in [0.3, 0.4) is 0 Å². The van der Waals surface area contributed by atoms with E-state index in [0.717, 1.165) is 6.07 Å². The van der Waals surface area contributed by atoms with Gasteiger partial charge in [0.05, 0.1) is 0 Å². The molecule has 0 amide bonds. The first-order valence-corrected chi connectivity index (χ1v) is 4.33. The highest BCUT2D eigenvalue weighted by Crippen LogP contribution is 2.48. The number of halogens is 8. The molecule has 11 heteroatoms. The second kappa shape index (κ2) is 4.07. The molecular formula is C8H3F8N3. The van der Waals surface area contributed by atoms with E-state index < -0.39 is 35.2 Å². The van der Waals surface area contributed by atoms with Crippen molar-refractivity contribution in [1.29, 1.82) is 5.26 Å². The molecule has 0 unspecified atom stereocenters. The Morgan fingerprint density at radius 3 is 1.84 bits per heavy atom. The summed E-state index contributed by atoms with van der Waals surface area (Å²) in [6, 6.07) is 0.894. The fraction of sp³-hybridized carbons (Fsp3) is 0.500. The van der Waals surface area contributed by atoms with Gasteiger partial charge in [-0.05, 0) is 0 Å². The molecule has 106 valence electrons. The van der Waals surface area contributed by atoms with Crippen molar-refractivity contribution in [2.75, 3.05) is 0 Å². The van der Waals surface area contributed by atoms with Crippen molar-refractivity contribution in [2.24, 2.45) is 7.05 Å². The lowest BCUT2D eigenvalue weighted by atomic mass is 10.1. The summed E-state index contributed by atoms with van der Waals surface area (Å²) in [5.74, 6) is -5.81. The highest BCUT2D eigenvalue weighted by molar-refractivity contribution is 5.40. The SMILES string of the molecule is Cn1nc(C(F)(F)C(F)(F)F)c(C(F)(F)F)c1C#N. The molecule has 0 saturated heterocycles. The van der Waals surface area contributed by atoms with Gasteiger partial charge in [-0.2, -0.15) is 45.5 Å². The predicted molar refractivity (Wildman–Crippen MR) is 42.9 cm³/mol. The average molecular weight is 293 g/mol. The molecule has 0 saturated carbocycles. The molecule has 1 rings (SSSR count). The third-order valence-corrected chi connectivity index (χ3v) is 2.09. The zero-order valence-corrected chi connectivity index (χ0v) is 8.87. The van der Waals surface area contributed by atoms with Gasteiger partial charge < -0.3 is 0 Å². The van der Waals surface area contributed by atoms with Crippen LogP contribution in [0.25, 0.3) is 0 Å². The van der Waals surface area contributed by atoms with Gasteiger partial charge in [-0.25, -0.2) is 0 Å². The second-order valence-corrected chi connectivity index (χ2v) is 3.38. The Labute approximate surface area is 99.6 Å². The van der Waals surface area contributed by atoms with E-state index >= 15 is 0 Å². The van der Waals surface area contributed by atoms with Crippen LogP contribution in [-0.2, 0) is 19.1 Å². The van der Waals surface area contributed by atoms with Gasteiger partial charge in [0, 0.05) is 7.05 Å². The number of nitrogens with zero attached hydrogens (tertiary/aromatic N) is 3. The van der Waals surface area contributed by atoms with E-state index in [9.17, 15) is 35.1 Å². The van der Waals surface area contributed by atoms with Crippen LogP contribution in [0.5, 0.6) is 0 Å². The van der Waals surface area contributed by atoms with Crippen molar-refractivity contribution in [3.63, 3.8) is 0 Å². The van der Waals surface area contributed by atoms with Crippen LogP contribution < -0.4 is 0 Å². The first-order valence-electron chi connectivity index (χ1n) is 4.33. The minimum atomic E-state index is -6.26. The minimum Gasteiger partial charge on any atom is -0.257 e. The standard InChI is InChI=1S/C8H3F8N3/c1-19-3(2-17)4(7(11,12)13)5(18-19)6(9,10)8(14,15)16/h1H3. The molecule has 0 aliphatic rings. The molecule has 1 aromatic rings. The first-order chi connectivity index (χ1) is 8.34. The highest BCUT2D eigenvalue weighted by Gasteiger charge is 2.64. The summed E-state index contributed by atoms with van der Waals surface area (Å²) in [4.78, 5) is 0. The van der Waals surface area contributed by atoms with Gasteiger partial charge in [0.25, 0.3) is 0 Å². The fourth-order valence-electron chi connectivity index (χ4n) is 1.27. The third-order valence-electron chi connectivity index (χ3n) is 2.09. The Morgan fingerprint density at radius 2 is 1.53 bits per heavy atom. The van der Waals surface area contributed by atoms with E-state index in [1.165, 1.54) is 0 Å². The molecule has 0 radical (unpaired) electrons. The number of rotatable bonds is 1. The summed E-state index contributed by atoms with van der Waals surface area (Å²) in [7, 11) is 0.656. The van der Waals surface area contributed by atoms with Crippen LogP contribution in [-0.4, -0.2) is 16.0 Å². The fourth-order valence-corrected chi connectivity index (χ4v) is 1.27. The monoisotopic (exact) mass is 293 g/mol. The summed E-state index contributed by atoms with van der Waals surface area (Å²) in [6.07, 6.45) is -11.8. The summed E-state index contributed by atoms with van der Waals surface area (Å²) in [5, 5.41) is 10.9. The third kappa shape index (κ3) is 2.34. The maximum Gasteiger partial charge on any atom is 0.459 e. The van der Waals surface area contributed by atoms with Crippen molar-refractivity contribution in [3.05, 3.63) is 17.0 Å². The Balaban J connectivity index is 3.69.